The lowest BCUT2D eigenvalue weighted by Crippen LogP contribution is -2.44. The molecule has 174 valence electrons. The molecule has 2 heterocycles. The molecule has 1 aromatic heterocycles. The van der Waals surface area contributed by atoms with E-state index in [4.69, 9.17) is 9.15 Å². The fraction of sp³-hybridized carbons (Fsp3) is 0.522. The standard InChI is InChI=1S/C23H31FN4O4/c1-23(2,3)32-22(30)26-11-10-25-20(29)17-5-4-12-28(13-17)14-19-15-31-21(27-19)16-6-8-18(24)9-7-16/h6-9,15,17H,4-5,10-14H2,1-3H3,(H,25,29)(H,26,30). The Morgan fingerprint density at radius 3 is 2.66 bits per heavy atom. The normalized spacial score (nSPS) is 17.1. The van der Waals surface area contributed by atoms with Crippen LogP contribution < -0.4 is 10.6 Å². The molecule has 2 amide bonds. The molecule has 1 aliphatic heterocycles. The first-order valence-electron chi connectivity index (χ1n) is 10.9. The first-order valence-corrected chi connectivity index (χ1v) is 10.9. The van der Waals surface area contributed by atoms with Crippen LogP contribution in [0.5, 0.6) is 0 Å². The highest BCUT2D eigenvalue weighted by Crippen LogP contribution is 2.22. The van der Waals surface area contributed by atoms with E-state index < -0.39 is 11.7 Å². The smallest absolute Gasteiger partial charge is 0.407 e. The SMILES string of the molecule is CC(C)(C)OC(=O)NCCNC(=O)C1CCCN(Cc2coc(-c3ccc(F)cc3)n2)C1. The van der Waals surface area contributed by atoms with Gasteiger partial charge in [0.15, 0.2) is 0 Å². The monoisotopic (exact) mass is 446 g/mol. The molecule has 1 fully saturated rings. The number of nitrogens with one attached hydrogen (secondary N) is 2. The molecule has 2 aromatic rings. The Hall–Kier alpha value is -2.94. The number of carbonyl (C=O) groups excluding carboxylic acids is 2. The number of hydrogen-bond donors (Lipinski definition) is 2. The number of rotatable bonds is 7. The molecular formula is C23H31FN4O4. The maximum atomic E-state index is 13.1. The van der Waals surface area contributed by atoms with Crippen LogP contribution in [0.1, 0.15) is 39.3 Å². The molecule has 0 aliphatic carbocycles. The van der Waals surface area contributed by atoms with Gasteiger partial charge in [0.25, 0.3) is 0 Å². The van der Waals surface area contributed by atoms with E-state index in [1.54, 1.807) is 39.2 Å². The van der Waals surface area contributed by atoms with E-state index in [2.05, 4.69) is 20.5 Å². The largest absolute Gasteiger partial charge is 0.444 e. The number of halogens is 1. The summed E-state index contributed by atoms with van der Waals surface area (Å²) in [5.74, 6) is 0.00386. The van der Waals surface area contributed by atoms with Gasteiger partial charge in [-0.05, 0) is 64.4 Å². The highest BCUT2D eigenvalue weighted by atomic mass is 19.1. The molecule has 8 nitrogen and oxygen atoms in total. The number of hydrogen-bond acceptors (Lipinski definition) is 6. The third kappa shape index (κ3) is 7.33. The summed E-state index contributed by atoms with van der Waals surface area (Å²) in [4.78, 5) is 30.9. The van der Waals surface area contributed by atoms with E-state index in [1.807, 2.05) is 0 Å². The van der Waals surface area contributed by atoms with Crippen molar-refractivity contribution in [3.63, 3.8) is 0 Å². The Balaban J connectivity index is 1.42. The summed E-state index contributed by atoms with van der Waals surface area (Å²) >= 11 is 0. The summed E-state index contributed by atoms with van der Waals surface area (Å²) in [5.41, 5.74) is 0.933. The molecule has 3 rings (SSSR count). The first kappa shape index (κ1) is 23.7. The fourth-order valence-corrected chi connectivity index (χ4v) is 3.56. The van der Waals surface area contributed by atoms with Gasteiger partial charge in [-0.3, -0.25) is 9.69 Å². The number of ether oxygens (including phenoxy) is 1. The number of benzene rings is 1. The second kappa shape index (κ2) is 10.6. The predicted molar refractivity (Wildman–Crippen MR) is 117 cm³/mol. The molecule has 0 bridgehead atoms. The minimum absolute atomic E-state index is 0.0205. The number of alkyl carbamates (subject to hydrolysis) is 1. The maximum absolute atomic E-state index is 13.1. The number of nitrogens with zero attached hydrogens (tertiary/aromatic N) is 2. The first-order chi connectivity index (χ1) is 15.2. The van der Waals surface area contributed by atoms with Gasteiger partial charge in [0.2, 0.25) is 11.8 Å². The van der Waals surface area contributed by atoms with Crippen LogP contribution in [-0.2, 0) is 16.1 Å². The Bertz CT molecular complexity index is 907. The molecule has 1 saturated heterocycles. The van der Waals surface area contributed by atoms with Gasteiger partial charge in [-0.1, -0.05) is 0 Å². The molecule has 0 spiro atoms. The van der Waals surface area contributed by atoms with Crippen LogP contribution in [0, 0.1) is 11.7 Å². The zero-order chi connectivity index (χ0) is 23.1. The van der Waals surface area contributed by atoms with Crippen molar-refractivity contribution in [3.05, 3.63) is 42.0 Å². The summed E-state index contributed by atoms with van der Waals surface area (Å²) in [7, 11) is 0. The van der Waals surface area contributed by atoms with Gasteiger partial charge in [-0.2, -0.15) is 0 Å². The minimum atomic E-state index is -0.553. The molecular weight excluding hydrogens is 415 g/mol. The van der Waals surface area contributed by atoms with Gasteiger partial charge >= 0.3 is 6.09 Å². The quantitative estimate of drug-likeness (QED) is 0.634. The summed E-state index contributed by atoms with van der Waals surface area (Å²) in [6.45, 7) is 8.13. The van der Waals surface area contributed by atoms with Crippen LogP contribution >= 0.6 is 0 Å². The Morgan fingerprint density at radius 2 is 1.94 bits per heavy atom. The minimum Gasteiger partial charge on any atom is -0.444 e. The van der Waals surface area contributed by atoms with Crippen molar-refractivity contribution in [2.24, 2.45) is 5.92 Å². The average molecular weight is 447 g/mol. The van der Waals surface area contributed by atoms with E-state index in [0.717, 1.165) is 25.1 Å². The van der Waals surface area contributed by atoms with Crippen molar-refractivity contribution in [1.82, 2.24) is 20.5 Å². The highest BCUT2D eigenvalue weighted by Gasteiger charge is 2.26. The summed E-state index contributed by atoms with van der Waals surface area (Å²) in [5, 5.41) is 5.52. The topological polar surface area (TPSA) is 96.7 Å². The average Bonchev–Trinajstić information content (AvgIpc) is 3.19. The van der Waals surface area contributed by atoms with E-state index in [0.29, 0.717) is 37.6 Å². The molecule has 2 N–H and O–H groups in total. The van der Waals surface area contributed by atoms with Crippen molar-refractivity contribution < 1.29 is 23.1 Å². The van der Waals surface area contributed by atoms with Crippen LogP contribution in [0.4, 0.5) is 9.18 Å². The van der Waals surface area contributed by atoms with E-state index in [1.165, 1.54) is 12.1 Å². The molecule has 1 unspecified atom stereocenters. The number of likely N-dealkylation sites (tertiary alicyclic amines) is 1. The fourth-order valence-electron chi connectivity index (χ4n) is 3.56. The molecule has 0 saturated carbocycles. The van der Waals surface area contributed by atoms with Crippen molar-refractivity contribution in [2.45, 2.75) is 45.8 Å². The predicted octanol–water partition coefficient (Wildman–Crippen LogP) is 3.33. The third-order valence-electron chi connectivity index (χ3n) is 5.00. The molecule has 0 radical (unpaired) electrons. The van der Waals surface area contributed by atoms with Crippen LogP contribution in [0.25, 0.3) is 11.5 Å². The molecule has 9 heteroatoms. The number of aromatic nitrogens is 1. The number of oxazole rings is 1. The van der Waals surface area contributed by atoms with Gasteiger partial charge in [-0.15, -0.1) is 0 Å². The lowest BCUT2D eigenvalue weighted by molar-refractivity contribution is -0.126. The van der Waals surface area contributed by atoms with Gasteiger partial charge < -0.3 is 19.8 Å². The van der Waals surface area contributed by atoms with Crippen LogP contribution in [0.3, 0.4) is 0 Å². The van der Waals surface area contributed by atoms with Crippen LogP contribution in [0.15, 0.2) is 34.9 Å². The number of amides is 2. The summed E-state index contributed by atoms with van der Waals surface area (Å²) < 4.78 is 23.8. The van der Waals surface area contributed by atoms with Crippen molar-refractivity contribution in [1.29, 1.82) is 0 Å². The third-order valence-corrected chi connectivity index (χ3v) is 5.00. The van der Waals surface area contributed by atoms with E-state index in [9.17, 15) is 14.0 Å². The van der Waals surface area contributed by atoms with Crippen LogP contribution in [0.2, 0.25) is 0 Å². The molecule has 1 atom stereocenters. The zero-order valence-corrected chi connectivity index (χ0v) is 18.8. The van der Waals surface area contributed by atoms with Gasteiger partial charge in [0, 0.05) is 31.7 Å². The molecule has 1 aromatic carbocycles. The second-order valence-electron chi connectivity index (χ2n) is 8.94. The van der Waals surface area contributed by atoms with E-state index >= 15 is 0 Å². The van der Waals surface area contributed by atoms with Crippen molar-refractivity contribution >= 4 is 12.0 Å². The molecule has 1 aliphatic rings. The second-order valence-corrected chi connectivity index (χ2v) is 8.94. The number of carbonyl (C=O) groups is 2. The zero-order valence-electron chi connectivity index (χ0n) is 18.8. The van der Waals surface area contributed by atoms with Gasteiger partial charge in [0.05, 0.1) is 11.6 Å². The van der Waals surface area contributed by atoms with Crippen molar-refractivity contribution in [2.75, 3.05) is 26.2 Å². The maximum Gasteiger partial charge on any atom is 0.407 e. The Labute approximate surface area is 187 Å². The van der Waals surface area contributed by atoms with Gasteiger partial charge in [-0.25, -0.2) is 14.2 Å². The summed E-state index contributed by atoms with van der Waals surface area (Å²) in [6, 6.07) is 6.00. The lowest BCUT2D eigenvalue weighted by atomic mass is 9.97. The van der Waals surface area contributed by atoms with Crippen molar-refractivity contribution in [3.8, 4) is 11.5 Å². The van der Waals surface area contributed by atoms with E-state index in [-0.39, 0.29) is 17.6 Å². The van der Waals surface area contributed by atoms with Crippen LogP contribution in [-0.4, -0.2) is 53.7 Å². The highest BCUT2D eigenvalue weighted by molar-refractivity contribution is 5.79. The van der Waals surface area contributed by atoms with Gasteiger partial charge in [0.1, 0.15) is 17.7 Å². The lowest BCUT2D eigenvalue weighted by Gasteiger charge is -2.31. The summed E-state index contributed by atoms with van der Waals surface area (Å²) in [6.07, 6.45) is 2.84. The molecule has 32 heavy (non-hydrogen) atoms. The Kier molecular flexibility index (Phi) is 7.84. The Morgan fingerprint density at radius 1 is 1.22 bits per heavy atom. The number of piperidine rings is 1.